The zero-order chi connectivity index (χ0) is 59.9. The quantitative estimate of drug-likeness (QED) is 0.0211. The standard InChI is InChI=1S/C57H53F4N9O11S3/c1-80-54-46(68-84(78,79)49-13-10-38(58)22-44(49)59)20-37(26-65-54)33-8-12-45-42(18-33)41(15-16-63-45)34-7-11-39(64-25-34)29-81-52(73)6-3-17-82-83-30-48(56(76)77)66-50(71)14-9-32-4-2-5-35-27-69(28-43(32)35)51(72)21-36-19-47(67-53(36)74)55(75)70-31-57(60,61)23-40(70)24-62/h2,4-5,7-8,10-13,15-16,18,20,22,25-26,36,40,47-48,68H,3,6,9,14,17,19,21,23,27-31H2,1H3,(H,66,71)(H,67,74)(H,76,77)/t36-,40+,47-,48?/m0/s1. The monoisotopic (exact) mass is 1210 g/mol. The number of carboxylic acid groups (broad SMARTS) is 1. The zero-order valence-electron chi connectivity index (χ0n) is 44.7. The number of nitrogens with zero attached hydrogens (tertiary/aromatic N) is 6. The van der Waals surface area contributed by atoms with E-state index in [2.05, 4.69) is 30.3 Å². The molecule has 9 rings (SSSR count). The topological polar surface area (TPSA) is 280 Å². The number of rotatable bonds is 23. The number of nitrogens with one attached hydrogen (secondary N) is 3. The summed E-state index contributed by atoms with van der Waals surface area (Å²) in [7, 11) is -0.651. The molecule has 4 atom stereocenters. The second-order valence-corrected chi connectivity index (χ2v) is 24.4. The predicted octanol–water partition coefficient (Wildman–Crippen LogP) is 7.35. The number of aliphatic carboxylic acids is 1. The summed E-state index contributed by atoms with van der Waals surface area (Å²) in [6.07, 6.45) is 4.40. The summed E-state index contributed by atoms with van der Waals surface area (Å²) in [4.78, 5) is 91.9. The molecule has 4 amide bonds. The average molecular weight is 1210 g/mol. The zero-order valence-corrected chi connectivity index (χ0v) is 47.1. The molecular weight excluding hydrogens is 1160 g/mol. The van der Waals surface area contributed by atoms with Gasteiger partial charge >= 0.3 is 11.9 Å². The highest BCUT2D eigenvalue weighted by Gasteiger charge is 2.50. The van der Waals surface area contributed by atoms with Gasteiger partial charge in [-0.3, -0.25) is 38.7 Å². The number of halogens is 4. The van der Waals surface area contributed by atoms with Crippen molar-refractivity contribution in [3.63, 3.8) is 0 Å². The van der Waals surface area contributed by atoms with Gasteiger partial charge in [-0.15, -0.1) is 0 Å². The van der Waals surface area contributed by atoms with Crippen molar-refractivity contribution < 1.29 is 69.3 Å². The maximum atomic E-state index is 14.5. The molecule has 2 fully saturated rings. The fourth-order valence-electron chi connectivity index (χ4n) is 10.0. The Bertz CT molecular complexity index is 3710. The summed E-state index contributed by atoms with van der Waals surface area (Å²) in [5.41, 5.74) is 6.09. The number of carboxylic acids is 1. The van der Waals surface area contributed by atoms with E-state index in [-0.39, 0.29) is 75.0 Å². The number of likely N-dealkylation sites (tertiary alicyclic amines) is 1. The van der Waals surface area contributed by atoms with Gasteiger partial charge < -0.3 is 35.0 Å². The highest BCUT2D eigenvalue weighted by atomic mass is 33.1. The largest absolute Gasteiger partial charge is 0.480 e. The summed E-state index contributed by atoms with van der Waals surface area (Å²) in [5.74, 6) is -9.71. The minimum absolute atomic E-state index is 0.0381. The number of benzene rings is 3. The van der Waals surface area contributed by atoms with Gasteiger partial charge in [0, 0.05) is 97.4 Å². The number of hydrogen-bond acceptors (Lipinski definition) is 16. The van der Waals surface area contributed by atoms with Crippen molar-refractivity contribution in [1.82, 2.24) is 35.4 Å². The van der Waals surface area contributed by atoms with Gasteiger partial charge in [0.05, 0.1) is 30.9 Å². The Hall–Kier alpha value is -8.35. The van der Waals surface area contributed by atoms with E-state index in [0.29, 0.717) is 40.6 Å². The normalized spacial score (nSPS) is 17.5. The molecule has 3 aliphatic heterocycles. The molecule has 2 saturated heterocycles. The number of pyridine rings is 3. The van der Waals surface area contributed by atoms with E-state index in [1.807, 2.05) is 24.3 Å². The predicted molar refractivity (Wildman–Crippen MR) is 300 cm³/mol. The first kappa shape index (κ1) is 60.2. The number of anilines is 1. The molecule has 27 heteroatoms. The lowest BCUT2D eigenvalue weighted by Gasteiger charge is -2.22. The second-order valence-electron chi connectivity index (χ2n) is 20.1. The third kappa shape index (κ3) is 14.3. The Kier molecular flexibility index (Phi) is 18.7. The molecule has 1 unspecified atom stereocenters. The lowest BCUT2D eigenvalue weighted by atomic mass is 9.98. The first-order chi connectivity index (χ1) is 40.2. The van der Waals surface area contributed by atoms with Crippen LogP contribution in [-0.2, 0) is 69.6 Å². The van der Waals surface area contributed by atoms with E-state index < -0.39 is 99.1 Å². The smallest absolute Gasteiger partial charge is 0.327 e. The van der Waals surface area contributed by atoms with E-state index >= 15 is 0 Å². The molecule has 6 heterocycles. The first-order valence-corrected chi connectivity index (χ1v) is 30.2. The Morgan fingerprint density at radius 3 is 2.50 bits per heavy atom. The van der Waals surface area contributed by atoms with Gasteiger partial charge in [-0.2, -0.15) is 5.26 Å². The van der Waals surface area contributed by atoms with Crippen molar-refractivity contribution in [1.29, 1.82) is 5.26 Å². The summed E-state index contributed by atoms with van der Waals surface area (Å²) in [5, 5.41) is 25.0. The summed E-state index contributed by atoms with van der Waals surface area (Å²) in [6, 6.07) is 17.9. The summed E-state index contributed by atoms with van der Waals surface area (Å²) < 4.78 is 95.3. The molecular formula is C57H53F4N9O11S3. The molecule has 0 bridgehead atoms. The van der Waals surface area contributed by atoms with Crippen LogP contribution in [-0.4, -0.2) is 123 Å². The molecule has 20 nitrogen and oxygen atoms in total. The van der Waals surface area contributed by atoms with Crippen LogP contribution in [0.3, 0.4) is 0 Å². The number of ether oxygens (including phenoxy) is 2. The number of amides is 4. The fraction of sp³-hybridized carbons (Fsp3) is 0.333. The molecule has 438 valence electrons. The molecule has 0 aliphatic carbocycles. The summed E-state index contributed by atoms with van der Waals surface area (Å²) >= 11 is 0. The maximum Gasteiger partial charge on any atom is 0.327 e. The number of sulfonamides is 1. The number of carbonyl (C=O) groups excluding carboxylic acids is 5. The van der Waals surface area contributed by atoms with Crippen molar-refractivity contribution in [2.75, 3.05) is 29.9 Å². The molecule has 3 aromatic heterocycles. The molecule has 3 aliphatic rings. The number of hydrogen-bond donors (Lipinski definition) is 4. The Labute approximate surface area is 486 Å². The molecule has 0 radical (unpaired) electrons. The van der Waals surface area contributed by atoms with Crippen molar-refractivity contribution in [2.24, 2.45) is 5.92 Å². The van der Waals surface area contributed by atoms with Crippen molar-refractivity contribution >= 4 is 83.8 Å². The van der Waals surface area contributed by atoms with Crippen molar-refractivity contribution in [2.45, 2.75) is 93.6 Å². The molecule has 84 heavy (non-hydrogen) atoms. The van der Waals surface area contributed by atoms with E-state index in [1.165, 1.54) is 41.0 Å². The van der Waals surface area contributed by atoms with Crippen LogP contribution in [0.5, 0.6) is 5.88 Å². The third-order valence-electron chi connectivity index (χ3n) is 14.3. The number of carbonyl (C=O) groups is 6. The van der Waals surface area contributed by atoms with Gasteiger partial charge in [0.25, 0.3) is 15.9 Å². The number of nitriles is 1. The molecule has 3 aromatic carbocycles. The molecule has 0 spiro atoms. The molecule has 0 saturated carbocycles. The minimum Gasteiger partial charge on any atom is -0.480 e. The van der Waals surface area contributed by atoms with Crippen LogP contribution in [0.1, 0.15) is 60.9 Å². The number of aromatic nitrogens is 3. The Morgan fingerprint density at radius 2 is 1.75 bits per heavy atom. The van der Waals surface area contributed by atoms with Crippen molar-refractivity contribution in [3.05, 3.63) is 131 Å². The number of methoxy groups -OCH3 is 1. The number of alkyl halides is 2. The van der Waals surface area contributed by atoms with E-state index in [4.69, 9.17) is 9.47 Å². The SMILES string of the molecule is COc1ncc(-c2ccc3nccc(-c4ccc(COC(=O)CCCSSCC(NC(=O)CCc5cccc6c5CN(C(=O)C[C@@H]5C[C@@H](C(=O)N7CC(F)(F)C[C@@H]7C#N)NC5=O)C6)C(=O)O)nc4)c3c2)cc1NS(=O)(=O)c1ccc(F)cc1F. The van der Waals surface area contributed by atoms with E-state index in [9.17, 15) is 65.1 Å². The van der Waals surface area contributed by atoms with E-state index in [0.717, 1.165) is 50.2 Å². The minimum atomic E-state index is -4.52. The second kappa shape index (κ2) is 26.1. The maximum absolute atomic E-state index is 14.5. The third-order valence-corrected chi connectivity index (χ3v) is 18.2. The lowest BCUT2D eigenvalue weighted by Crippen LogP contribution is -2.46. The first-order valence-electron chi connectivity index (χ1n) is 26.2. The number of fused-ring (bicyclic) bond motifs is 2. The average Bonchev–Trinajstić information content (AvgIpc) is 3.83. The highest BCUT2D eigenvalue weighted by molar-refractivity contribution is 8.76. The van der Waals surface area contributed by atoms with Gasteiger partial charge in [-0.1, -0.05) is 51.9 Å². The van der Waals surface area contributed by atoms with Gasteiger partial charge in [0.2, 0.25) is 29.5 Å². The van der Waals surface area contributed by atoms with Crippen LogP contribution >= 0.6 is 21.6 Å². The molecule has 4 N–H and O–H groups in total. The van der Waals surface area contributed by atoms with Crippen LogP contribution < -0.4 is 20.1 Å². The van der Waals surface area contributed by atoms with Gasteiger partial charge in [0.15, 0.2) is 0 Å². The number of esters is 1. The fourth-order valence-corrected chi connectivity index (χ4v) is 13.4. The van der Waals surface area contributed by atoms with Crippen LogP contribution in [0.25, 0.3) is 33.2 Å². The summed E-state index contributed by atoms with van der Waals surface area (Å²) in [6.45, 7) is -0.568. The van der Waals surface area contributed by atoms with Gasteiger partial charge in [-0.25, -0.2) is 35.8 Å². The Morgan fingerprint density at radius 1 is 0.952 bits per heavy atom. The van der Waals surface area contributed by atoms with Crippen molar-refractivity contribution in [3.8, 4) is 34.2 Å². The highest BCUT2D eigenvalue weighted by Crippen LogP contribution is 2.37. The van der Waals surface area contributed by atoms with Crippen LogP contribution in [0, 0.1) is 28.9 Å². The van der Waals surface area contributed by atoms with Crippen LogP contribution in [0.4, 0.5) is 23.2 Å². The van der Waals surface area contributed by atoms with Gasteiger partial charge in [0.1, 0.15) is 46.9 Å². The molecule has 6 aromatic rings. The van der Waals surface area contributed by atoms with E-state index in [1.54, 1.807) is 53.7 Å². The van der Waals surface area contributed by atoms with Gasteiger partial charge in [-0.05, 0) is 89.5 Å². The Balaban J connectivity index is 0.689. The number of aryl methyl sites for hydroxylation is 1. The lowest BCUT2D eigenvalue weighted by molar-refractivity contribution is -0.145. The van der Waals surface area contributed by atoms with Crippen LogP contribution in [0.15, 0.2) is 102 Å². The van der Waals surface area contributed by atoms with Crippen LogP contribution in [0.2, 0.25) is 0 Å².